The summed E-state index contributed by atoms with van der Waals surface area (Å²) >= 11 is 0. The molecule has 0 spiro atoms. The van der Waals surface area contributed by atoms with E-state index in [1.54, 1.807) is 35.2 Å². The Bertz CT molecular complexity index is 483. The molecule has 0 N–H and O–H groups in total. The average Bonchev–Trinajstić information content (AvgIpc) is 2.29. The Balaban J connectivity index is 0.00000144. The van der Waals surface area contributed by atoms with Gasteiger partial charge in [-0.2, -0.15) is 17.7 Å². The summed E-state index contributed by atoms with van der Waals surface area (Å²) in [6.45, 7) is 0. The van der Waals surface area contributed by atoms with Gasteiger partial charge in [0.1, 0.15) is 0 Å². The minimum Gasteiger partial charge on any atom is -1.00 e. The van der Waals surface area contributed by atoms with Crippen LogP contribution in [0.1, 0.15) is 5.56 Å². The van der Waals surface area contributed by atoms with Gasteiger partial charge >= 0.3 is 6.18 Å². The van der Waals surface area contributed by atoms with E-state index in [4.69, 9.17) is 0 Å². The molecule has 0 aliphatic rings. The van der Waals surface area contributed by atoms with Gasteiger partial charge in [-0.05, 0) is 6.07 Å². The van der Waals surface area contributed by atoms with Crippen LogP contribution in [-0.2, 0) is 6.18 Å². The van der Waals surface area contributed by atoms with Crippen molar-refractivity contribution in [1.29, 1.82) is 0 Å². The van der Waals surface area contributed by atoms with Gasteiger partial charge in [0.05, 0.1) is 5.56 Å². The summed E-state index contributed by atoms with van der Waals surface area (Å²) in [6.07, 6.45) is -0.893. The van der Waals surface area contributed by atoms with E-state index in [0.29, 0.717) is 5.69 Å². The van der Waals surface area contributed by atoms with E-state index in [1.807, 2.05) is 6.07 Å². The van der Waals surface area contributed by atoms with Crippen LogP contribution in [0.3, 0.4) is 0 Å². The molecule has 2 rings (SSSR count). The molecule has 0 radical (unpaired) electrons. The fraction of sp³-hybridized carbons (Fsp3) is 0.0833. The van der Waals surface area contributed by atoms with Crippen LogP contribution in [0.15, 0.2) is 54.9 Å². The number of hydrogen-bond acceptors (Lipinski definition) is 0. The van der Waals surface area contributed by atoms with Crippen molar-refractivity contribution in [3.63, 3.8) is 0 Å². The van der Waals surface area contributed by atoms with Crippen LogP contribution < -0.4 is 28.5 Å². The number of rotatable bonds is 1. The van der Waals surface area contributed by atoms with Crippen molar-refractivity contribution in [2.24, 2.45) is 0 Å². The summed E-state index contributed by atoms with van der Waals surface area (Å²) in [4.78, 5) is 0. The molecular weight excluding hydrogens is 342 g/mol. The zero-order valence-corrected chi connectivity index (χ0v) is 10.8. The third-order valence-electron chi connectivity index (χ3n) is 2.19. The van der Waals surface area contributed by atoms with E-state index in [-0.39, 0.29) is 24.0 Å². The van der Waals surface area contributed by atoms with Gasteiger partial charge in [0, 0.05) is 24.3 Å². The largest absolute Gasteiger partial charge is 1.00 e. The fourth-order valence-electron chi connectivity index (χ4n) is 1.41. The third kappa shape index (κ3) is 3.42. The van der Waals surface area contributed by atoms with Crippen LogP contribution in [0, 0.1) is 0 Å². The molecule has 1 heterocycles. The molecule has 0 fully saturated rings. The molecule has 0 saturated heterocycles. The molecule has 0 atom stereocenters. The van der Waals surface area contributed by atoms with E-state index < -0.39 is 11.7 Å². The van der Waals surface area contributed by atoms with Crippen LogP contribution >= 0.6 is 0 Å². The molecule has 0 bridgehead atoms. The Kier molecular flexibility index (Phi) is 4.50. The summed E-state index contributed by atoms with van der Waals surface area (Å²) < 4.78 is 39.1. The predicted molar refractivity (Wildman–Crippen MR) is 53.0 cm³/mol. The first kappa shape index (κ1) is 14.0. The van der Waals surface area contributed by atoms with Crippen molar-refractivity contribution in [3.05, 3.63) is 60.4 Å². The van der Waals surface area contributed by atoms with Gasteiger partial charge in [-0.15, -0.1) is 0 Å². The maximum Gasteiger partial charge on any atom is 0.416 e. The van der Waals surface area contributed by atoms with E-state index in [2.05, 4.69) is 0 Å². The minimum atomic E-state index is -4.30. The Morgan fingerprint density at radius 1 is 0.882 bits per heavy atom. The second-order valence-electron chi connectivity index (χ2n) is 3.33. The van der Waals surface area contributed by atoms with Crippen LogP contribution in [0.2, 0.25) is 0 Å². The van der Waals surface area contributed by atoms with Crippen LogP contribution in [0.5, 0.6) is 0 Å². The summed E-state index contributed by atoms with van der Waals surface area (Å²) in [5.74, 6) is 0. The Labute approximate surface area is 114 Å². The molecule has 1 aromatic heterocycles. The predicted octanol–water partition coefficient (Wildman–Crippen LogP) is -0.0139. The number of hydrogen-bond donors (Lipinski definition) is 0. The normalized spacial score (nSPS) is 10.8. The Morgan fingerprint density at radius 3 is 2.12 bits per heavy atom. The van der Waals surface area contributed by atoms with E-state index in [0.717, 1.165) is 12.1 Å². The fourth-order valence-corrected chi connectivity index (χ4v) is 1.41. The lowest BCUT2D eigenvalue weighted by atomic mass is 10.2. The minimum absolute atomic E-state index is 0. The number of aromatic nitrogens is 1. The maximum absolute atomic E-state index is 12.5. The molecule has 17 heavy (non-hydrogen) atoms. The second kappa shape index (κ2) is 5.48. The molecule has 1 nitrogen and oxygen atoms in total. The second-order valence-corrected chi connectivity index (χ2v) is 3.33. The highest BCUT2D eigenvalue weighted by Crippen LogP contribution is 2.29. The maximum atomic E-state index is 12.5. The molecule has 2 aromatic rings. The van der Waals surface area contributed by atoms with Crippen molar-refractivity contribution in [2.45, 2.75) is 6.18 Å². The standard InChI is InChI=1S/C12H9F3N.HI/c13-12(14,15)10-5-4-6-11(9-10)16-7-2-1-3-8-16;/h1-9H;1H/q+1;/p-1. The van der Waals surface area contributed by atoms with Crippen molar-refractivity contribution >= 4 is 0 Å². The first-order chi connectivity index (χ1) is 7.57. The van der Waals surface area contributed by atoms with E-state index in [9.17, 15) is 13.2 Å². The molecule has 0 aliphatic carbocycles. The summed E-state index contributed by atoms with van der Waals surface area (Å²) in [5, 5.41) is 0. The van der Waals surface area contributed by atoms with Crippen molar-refractivity contribution in [3.8, 4) is 5.69 Å². The zero-order valence-electron chi connectivity index (χ0n) is 8.66. The number of halogens is 4. The highest BCUT2D eigenvalue weighted by atomic mass is 127. The summed E-state index contributed by atoms with van der Waals surface area (Å²) in [5.41, 5.74) is -0.142. The molecule has 0 saturated carbocycles. The molecule has 0 aliphatic heterocycles. The average molecular weight is 351 g/mol. The third-order valence-corrected chi connectivity index (χ3v) is 2.19. The first-order valence-corrected chi connectivity index (χ1v) is 4.71. The number of nitrogens with zero attached hydrogens (tertiary/aromatic N) is 1. The topological polar surface area (TPSA) is 3.88 Å². The van der Waals surface area contributed by atoms with Crippen molar-refractivity contribution in [2.75, 3.05) is 0 Å². The van der Waals surface area contributed by atoms with Gasteiger partial charge < -0.3 is 24.0 Å². The molecule has 0 amide bonds. The monoisotopic (exact) mass is 351 g/mol. The van der Waals surface area contributed by atoms with E-state index >= 15 is 0 Å². The lowest BCUT2D eigenvalue weighted by Crippen LogP contribution is -3.00. The first-order valence-electron chi connectivity index (χ1n) is 4.71. The van der Waals surface area contributed by atoms with Gasteiger partial charge in [0.2, 0.25) is 5.69 Å². The lowest BCUT2D eigenvalue weighted by molar-refractivity contribution is -0.595. The number of pyridine rings is 1. The molecular formula is C12H9F3IN. The highest BCUT2D eigenvalue weighted by molar-refractivity contribution is 5.30. The summed E-state index contributed by atoms with van der Waals surface area (Å²) in [7, 11) is 0. The zero-order chi connectivity index (χ0) is 11.6. The summed E-state index contributed by atoms with van der Waals surface area (Å²) in [6, 6.07) is 10.6. The SMILES string of the molecule is FC(F)(F)c1cccc(-[n+]2ccccc2)c1.[I-]. The van der Waals surface area contributed by atoms with Crippen LogP contribution in [0.25, 0.3) is 5.69 Å². The number of benzene rings is 1. The molecule has 90 valence electrons. The molecule has 5 heteroatoms. The van der Waals surface area contributed by atoms with Crippen molar-refractivity contribution in [1.82, 2.24) is 0 Å². The molecule has 0 unspecified atom stereocenters. The quantitative estimate of drug-likeness (QED) is 0.503. The van der Waals surface area contributed by atoms with Gasteiger partial charge in [0.25, 0.3) is 0 Å². The Hall–Kier alpha value is -1.11. The number of alkyl halides is 3. The van der Waals surface area contributed by atoms with E-state index in [1.165, 1.54) is 6.07 Å². The van der Waals surface area contributed by atoms with Gasteiger partial charge in [-0.3, -0.25) is 0 Å². The van der Waals surface area contributed by atoms with Gasteiger partial charge in [0.15, 0.2) is 12.4 Å². The molecule has 1 aromatic carbocycles. The van der Waals surface area contributed by atoms with Gasteiger partial charge in [-0.25, -0.2) is 0 Å². The highest BCUT2D eigenvalue weighted by Gasteiger charge is 2.31. The Morgan fingerprint density at radius 2 is 1.53 bits per heavy atom. The van der Waals surface area contributed by atoms with Gasteiger partial charge in [-0.1, -0.05) is 12.1 Å². The van der Waals surface area contributed by atoms with Crippen LogP contribution in [-0.4, -0.2) is 0 Å². The lowest BCUT2D eigenvalue weighted by Gasteiger charge is -2.05. The van der Waals surface area contributed by atoms with Crippen LogP contribution in [0.4, 0.5) is 13.2 Å². The van der Waals surface area contributed by atoms with Crippen molar-refractivity contribution < 1.29 is 41.7 Å². The smallest absolute Gasteiger partial charge is 0.416 e.